The molecule has 2 aromatic heterocycles. The molecule has 0 saturated heterocycles. The van der Waals surface area contributed by atoms with Crippen molar-refractivity contribution in [2.75, 3.05) is 0 Å². The third-order valence-electron chi connectivity index (χ3n) is 2.72. The molecular weight excluding hydrogens is 216 g/mol. The molecule has 0 spiro atoms. The van der Waals surface area contributed by atoms with Crippen LogP contribution in [0, 0.1) is 0 Å². The first-order chi connectivity index (χ1) is 8.29. The summed E-state index contributed by atoms with van der Waals surface area (Å²) in [6.07, 6.45) is 4.15. The molecule has 17 heavy (non-hydrogen) atoms. The Balaban J connectivity index is 2.30. The smallest absolute Gasteiger partial charge is 0.153 e. The second-order valence-electron chi connectivity index (χ2n) is 3.87. The van der Waals surface area contributed by atoms with Gasteiger partial charge in [0, 0.05) is 24.2 Å². The first kappa shape index (κ1) is 9.84. The van der Waals surface area contributed by atoms with Crippen LogP contribution in [0.2, 0.25) is 0 Å². The zero-order valence-corrected chi connectivity index (χ0v) is 9.25. The number of benzene rings is 1. The van der Waals surface area contributed by atoms with E-state index in [9.17, 15) is 4.79 Å². The number of aryl methyl sites for hydroxylation is 1. The van der Waals surface area contributed by atoms with Crippen molar-refractivity contribution in [1.29, 1.82) is 0 Å². The van der Waals surface area contributed by atoms with Crippen LogP contribution in [0.15, 0.2) is 41.1 Å². The number of carbonyl (C=O) groups excluding carboxylic acids is 1. The number of hydrogen-bond donors (Lipinski definition) is 0. The number of aromatic nitrogens is 2. The van der Waals surface area contributed by atoms with Gasteiger partial charge < -0.3 is 4.42 Å². The standard InChI is InChI=1S/C13H10N2O2/c1-15-6-9(7-16)13(14-15)11-8-17-12-5-3-2-4-10(11)12/h2-8H,1H3. The molecule has 0 radical (unpaired) electrons. The molecule has 0 atom stereocenters. The minimum absolute atomic E-state index is 0.569. The molecule has 0 amide bonds. The van der Waals surface area contributed by atoms with E-state index in [-0.39, 0.29) is 0 Å². The number of carbonyl (C=O) groups is 1. The summed E-state index contributed by atoms with van der Waals surface area (Å²) in [6.45, 7) is 0. The van der Waals surface area contributed by atoms with Crippen molar-refractivity contribution in [2.24, 2.45) is 7.05 Å². The average molecular weight is 226 g/mol. The number of fused-ring (bicyclic) bond motifs is 1. The van der Waals surface area contributed by atoms with Gasteiger partial charge in [0.25, 0.3) is 0 Å². The summed E-state index contributed by atoms with van der Waals surface area (Å²) in [5.41, 5.74) is 2.87. The zero-order valence-electron chi connectivity index (χ0n) is 9.25. The highest BCUT2D eigenvalue weighted by molar-refractivity contribution is 5.97. The van der Waals surface area contributed by atoms with Gasteiger partial charge in [0.1, 0.15) is 17.5 Å². The first-order valence-electron chi connectivity index (χ1n) is 5.25. The summed E-state index contributed by atoms with van der Waals surface area (Å²) in [5.74, 6) is 0. The fourth-order valence-electron chi connectivity index (χ4n) is 1.96. The summed E-state index contributed by atoms with van der Waals surface area (Å²) in [6, 6.07) is 7.69. The van der Waals surface area contributed by atoms with E-state index in [1.807, 2.05) is 24.3 Å². The molecular formula is C13H10N2O2. The highest BCUT2D eigenvalue weighted by atomic mass is 16.3. The molecule has 0 fully saturated rings. The van der Waals surface area contributed by atoms with Crippen LogP contribution in [0.4, 0.5) is 0 Å². The number of aldehydes is 1. The highest BCUT2D eigenvalue weighted by Crippen LogP contribution is 2.30. The van der Waals surface area contributed by atoms with Crippen LogP contribution in [0.5, 0.6) is 0 Å². The molecule has 2 heterocycles. The number of rotatable bonds is 2. The number of nitrogens with zero attached hydrogens (tertiary/aromatic N) is 2. The predicted octanol–water partition coefficient (Wildman–Crippen LogP) is 2.65. The van der Waals surface area contributed by atoms with Crippen molar-refractivity contribution in [3.05, 3.63) is 42.3 Å². The highest BCUT2D eigenvalue weighted by Gasteiger charge is 2.14. The molecule has 4 heteroatoms. The molecule has 3 aromatic rings. The third-order valence-corrected chi connectivity index (χ3v) is 2.72. The number of hydrogen-bond acceptors (Lipinski definition) is 3. The van der Waals surface area contributed by atoms with Gasteiger partial charge in [-0.1, -0.05) is 18.2 Å². The monoisotopic (exact) mass is 226 g/mol. The lowest BCUT2D eigenvalue weighted by Crippen LogP contribution is -1.87. The van der Waals surface area contributed by atoms with Crippen LogP contribution in [0.3, 0.4) is 0 Å². The minimum Gasteiger partial charge on any atom is -0.464 e. The SMILES string of the molecule is Cn1cc(C=O)c(-c2coc3ccccc23)n1. The van der Waals surface area contributed by atoms with E-state index in [0.717, 1.165) is 22.8 Å². The Morgan fingerprint density at radius 2 is 2.18 bits per heavy atom. The van der Waals surface area contributed by atoms with Gasteiger partial charge in [-0.25, -0.2) is 0 Å². The van der Waals surface area contributed by atoms with E-state index in [1.54, 1.807) is 24.2 Å². The van der Waals surface area contributed by atoms with Crippen LogP contribution >= 0.6 is 0 Å². The van der Waals surface area contributed by atoms with Crippen LogP contribution in [-0.4, -0.2) is 16.1 Å². The largest absolute Gasteiger partial charge is 0.464 e. The van der Waals surface area contributed by atoms with Gasteiger partial charge >= 0.3 is 0 Å². The van der Waals surface area contributed by atoms with E-state index in [1.165, 1.54) is 0 Å². The van der Waals surface area contributed by atoms with Gasteiger partial charge in [-0.05, 0) is 6.07 Å². The lowest BCUT2D eigenvalue weighted by molar-refractivity contribution is 0.112. The Morgan fingerprint density at radius 3 is 3.00 bits per heavy atom. The van der Waals surface area contributed by atoms with Crippen molar-refractivity contribution in [1.82, 2.24) is 9.78 Å². The fourth-order valence-corrected chi connectivity index (χ4v) is 1.96. The van der Waals surface area contributed by atoms with E-state index >= 15 is 0 Å². The Bertz CT molecular complexity index is 694. The van der Waals surface area contributed by atoms with Gasteiger partial charge in [0.05, 0.1) is 5.56 Å². The lowest BCUT2D eigenvalue weighted by atomic mass is 10.1. The Hall–Kier alpha value is -2.36. The minimum atomic E-state index is 0.569. The van der Waals surface area contributed by atoms with Crippen LogP contribution in [0.25, 0.3) is 22.2 Å². The van der Waals surface area contributed by atoms with Crippen LogP contribution < -0.4 is 0 Å². The third kappa shape index (κ3) is 1.45. The zero-order chi connectivity index (χ0) is 11.8. The molecule has 0 aliphatic rings. The van der Waals surface area contributed by atoms with Gasteiger partial charge in [-0.2, -0.15) is 5.10 Å². The van der Waals surface area contributed by atoms with Crippen molar-refractivity contribution in [3.63, 3.8) is 0 Å². The van der Waals surface area contributed by atoms with Crippen molar-refractivity contribution in [2.45, 2.75) is 0 Å². The number of para-hydroxylation sites is 1. The maximum atomic E-state index is 11.0. The molecule has 84 valence electrons. The Kier molecular flexibility index (Phi) is 2.08. The van der Waals surface area contributed by atoms with Crippen molar-refractivity contribution in [3.8, 4) is 11.3 Å². The van der Waals surface area contributed by atoms with Crippen molar-refractivity contribution < 1.29 is 9.21 Å². The molecule has 0 aliphatic carbocycles. The quantitative estimate of drug-likeness (QED) is 0.631. The maximum absolute atomic E-state index is 11.0. The normalized spacial score (nSPS) is 10.9. The second kappa shape index (κ2) is 3.59. The van der Waals surface area contributed by atoms with Gasteiger partial charge in [-0.15, -0.1) is 0 Å². The molecule has 0 N–H and O–H groups in total. The molecule has 0 saturated carbocycles. The summed E-state index contributed by atoms with van der Waals surface area (Å²) < 4.78 is 7.07. The molecule has 4 nitrogen and oxygen atoms in total. The number of furan rings is 1. The fraction of sp³-hybridized carbons (Fsp3) is 0.0769. The molecule has 0 unspecified atom stereocenters. The van der Waals surface area contributed by atoms with E-state index in [4.69, 9.17) is 4.42 Å². The van der Waals surface area contributed by atoms with Gasteiger partial charge in [0.2, 0.25) is 0 Å². The molecule has 0 bridgehead atoms. The van der Waals surface area contributed by atoms with Crippen LogP contribution in [0.1, 0.15) is 10.4 Å². The lowest BCUT2D eigenvalue weighted by Gasteiger charge is -1.93. The summed E-state index contributed by atoms with van der Waals surface area (Å²) >= 11 is 0. The van der Waals surface area contributed by atoms with E-state index in [2.05, 4.69) is 5.10 Å². The maximum Gasteiger partial charge on any atom is 0.153 e. The van der Waals surface area contributed by atoms with E-state index < -0.39 is 0 Å². The van der Waals surface area contributed by atoms with Gasteiger partial charge in [0.15, 0.2) is 6.29 Å². The molecule has 3 rings (SSSR count). The molecule has 0 aliphatic heterocycles. The second-order valence-corrected chi connectivity index (χ2v) is 3.87. The average Bonchev–Trinajstić information content (AvgIpc) is 2.91. The summed E-state index contributed by atoms with van der Waals surface area (Å²) in [7, 11) is 1.79. The van der Waals surface area contributed by atoms with Gasteiger partial charge in [-0.3, -0.25) is 9.48 Å². The first-order valence-corrected chi connectivity index (χ1v) is 5.25. The summed E-state index contributed by atoms with van der Waals surface area (Å²) in [4.78, 5) is 11.0. The Morgan fingerprint density at radius 1 is 1.35 bits per heavy atom. The topological polar surface area (TPSA) is 48.0 Å². The van der Waals surface area contributed by atoms with Crippen molar-refractivity contribution >= 4 is 17.3 Å². The predicted molar refractivity (Wildman–Crippen MR) is 63.8 cm³/mol. The molecule has 1 aromatic carbocycles. The van der Waals surface area contributed by atoms with E-state index in [0.29, 0.717) is 11.3 Å². The Labute approximate surface area is 97.5 Å². The van der Waals surface area contributed by atoms with Crippen LogP contribution in [-0.2, 0) is 7.05 Å². The summed E-state index contributed by atoms with van der Waals surface area (Å²) in [5, 5.41) is 5.27.